The molecule has 198 valence electrons. The van der Waals surface area contributed by atoms with Gasteiger partial charge in [0, 0.05) is 25.2 Å². The van der Waals surface area contributed by atoms with E-state index in [9.17, 15) is 13.2 Å². The van der Waals surface area contributed by atoms with Crippen LogP contribution < -0.4 is 10.6 Å². The molecule has 1 aliphatic rings. The van der Waals surface area contributed by atoms with Gasteiger partial charge in [-0.2, -0.15) is 4.99 Å². The Kier molecular flexibility index (Phi) is 7.61. The van der Waals surface area contributed by atoms with Gasteiger partial charge in [0.1, 0.15) is 12.1 Å². The third-order valence-electron chi connectivity index (χ3n) is 5.67. The molecule has 0 unspecified atom stereocenters. The Morgan fingerprint density at radius 1 is 0.949 bits per heavy atom. The van der Waals surface area contributed by atoms with Crippen LogP contribution in [-0.2, 0) is 14.8 Å². The first-order valence-electron chi connectivity index (χ1n) is 11.4. The highest BCUT2D eigenvalue weighted by Crippen LogP contribution is 2.35. The maximum absolute atomic E-state index is 12.6. The lowest BCUT2D eigenvalue weighted by Crippen LogP contribution is -2.22. The van der Waals surface area contributed by atoms with Crippen LogP contribution in [0.4, 0.5) is 17.2 Å². The van der Waals surface area contributed by atoms with Crippen LogP contribution in [0.3, 0.4) is 0 Å². The second-order valence-electron chi connectivity index (χ2n) is 8.49. The number of amides is 1. The minimum absolute atomic E-state index is 0.186. The molecule has 0 fully saturated rings. The number of nitrogens with one attached hydrogen (secondary N) is 2. The van der Waals surface area contributed by atoms with Gasteiger partial charge in [-0.3, -0.25) is 4.79 Å². The van der Waals surface area contributed by atoms with Crippen molar-refractivity contribution in [3.63, 3.8) is 0 Å². The van der Waals surface area contributed by atoms with E-state index in [0.29, 0.717) is 42.8 Å². The zero-order chi connectivity index (χ0) is 27.7. The minimum atomic E-state index is -3.53. The van der Waals surface area contributed by atoms with Crippen molar-refractivity contribution in [1.82, 2.24) is 14.3 Å². The van der Waals surface area contributed by atoms with Crippen molar-refractivity contribution < 1.29 is 13.2 Å². The van der Waals surface area contributed by atoms with Gasteiger partial charge in [-0.1, -0.05) is 35.3 Å². The molecule has 13 heteroatoms. The quantitative estimate of drug-likeness (QED) is 0.259. The number of para-hydroxylation sites is 1. The predicted molar refractivity (Wildman–Crippen MR) is 158 cm³/mol. The summed E-state index contributed by atoms with van der Waals surface area (Å²) in [4.78, 5) is 26.0. The Bertz CT molecular complexity index is 1750. The Balaban J connectivity index is 1.38. The van der Waals surface area contributed by atoms with E-state index in [2.05, 4.69) is 25.6 Å². The summed E-state index contributed by atoms with van der Waals surface area (Å²) >= 11 is 13.6. The van der Waals surface area contributed by atoms with Crippen molar-refractivity contribution in [2.75, 3.05) is 24.7 Å². The highest BCUT2D eigenvalue weighted by molar-refractivity contribution is 8.18. The molecule has 0 bridgehead atoms. The predicted octanol–water partition coefficient (Wildman–Crippen LogP) is 6.01. The van der Waals surface area contributed by atoms with Crippen LogP contribution in [0.2, 0.25) is 10.0 Å². The van der Waals surface area contributed by atoms with Gasteiger partial charge in [0.15, 0.2) is 5.17 Å². The van der Waals surface area contributed by atoms with Gasteiger partial charge in [-0.15, -0.1) is 0 Å². The number of nitrogens with zero attached hydrogens (tertiary/aromatic N) is 4. The molecule has 1 aliphatic heterocycles. The summed E-state index contributed by atoms with van der Waals surface area (Å²) in [6, 6.07) is 17.0. The summed E-state index contributed by atoms with van der Waals surface area (Å²) in [5, 5.41) is 8.16. The van der Waals surface area contributed by atoms with Crippen molar-refractivity contribution in [3.05, 3.63) is 87.5 Å². The Morgan fingerprint density at radius 3 is 2.36 bits per heavy atom. The number of aliphatic imine (C=N–C) groups is 1. The van der Waals surface area contributed by atoms with Gasteiger partial charge in [-0.25, -0.2) is 22.7 Å². The van der Waals surface area contributed by atoms with E-state index in [1.54, 1.807) is 36.4 Å². The van der Waals surface area contributed by atoms with Crippen molar-refractivity contribution in [1.29, 1.82) is 0 Å². The van der Waals surface area contributed by atoms with Crippen LogP contribution in [0.25, 0.3) is 17.0 Å². The van der Waals surface area contributed by atoms with Crippen molar-refractivity contribution in [2.45, 2.75) is 4.90 Å². The van der Waals surface area contributed by atoms with Gasteiger partial charge in [0.2, 0.25) is 10.0 Å². The number of thioether (sulfide) groups is 1. The molecule has 1 amide bonds. The van der Waals surface area contributed by atoms with Crippen molar-refractivity contribution in [3.8, 4) is 0 Å². The molecule has 0 saturated heterocycles. The minimum Gasteiger partial charge on any atom is -0.340 e. The van der Waals surface area contributed by atoms with Crippen LogP contribution in [0.5, 0.6) is 0 Å². The smallest absolute Gasteiger partial charge is 0.286 e. The Hall–Kier alpha value is -3.48. The highest BCUT2D eigenvalue weighted by Gasteiger charge is 2.23. The van der Waals surface area contributed by atoms with Gasteiger partial charge in [0.05, 0.1) is 31.0 Å². The normalized spacial score (nSPS) is 14.7. The molecular formula is C26H20Cl2N6O3S2. The molecule has 0 saturated carbocycles. The van der Waals surface area contributed by atoms with Crippen LogP contribution in [0.1, 0.15) is 5.56 Å². The maximum Gasteiger partial charge on any atom is 0.286 e. The summed E-state index contributed by atoms with van der Waals surface area (Å²) in [6.45, 7) is 0. The number of anilines is 3. The highest BCUT2D eigenvalue weighted by atomic mass is 35.5. The molecule has 1 aromatic heterocycles. The van der Waals surface area contributed by atoms with E-state index < -0.39 is 10.0 Å². The van der Waals surface area contributed by atoms with Gasteiger partial charge in [0.25, 0.3) is 5.91 Å². The molecule has 2 heterocycles. The molecule has 4 aromatic rings. The average Bonchev–Trinajstić information content (AvgIpc) is 3.25. The lowest BCUT2D eigenvalue weighted by atomic mass is 10.1. The number of hydrogen-bond donors (Lipinski definition) is 2. The fraction of sp³-hybridized carbons (Fsp3) is 0.0769. The first kappa shape index (κ1) is 27.1. The second kappa shape index (κ2) is 10.9. The SMILES string of the molecule is CN(C)S(=O)(=O)c1ccc(Nc2ncnc3ccc(/C=C4\SC(Nc5c(Cl)cccc5Cl)=NC4=O)cc23)cc1. The van der Waals surface area contributed by atoms with E-state index >= 15 is 0 Å². The fourth-order valence-electron chi connectivity index (χ4n) is 3.66. The molecule has 0 atom stereocenters. The number of aromatic nitrogens is 2. The number of fused-ring (bicyclic) bond motifs is 1. The number of benzene rings is 3. The summed E-state index contributed by atoms with van der Waals surface area (Å²) in [5.41, 5.74) is 2.57. The monoisotopic (exact) mass is 598 g/mol. The molecule has 0 spiro atoms. The number of hydrogen-bond acceptors (Lipinski definition) is 8. The second-order valence-corrected chi connectivity index (χ2v) is 12.5. The van der Waals surface area contributed by atoms with Crippen LogP contribution >= 0.6 is 35.0 Å². The molecule has 39 heavy (non-hydrogen) atoms. The topological polar surface area (TPSA) is 117 Å². The Labute approximate surface area is 239 Å². The number of amidine groups is 1. The van der Waals surface area contributed by atoms with E-state index in [-0.39, 0.29) is 10.8 Å². The summed E-state index contributed by atoms with van der Waals surface area (Å²) in [6.07, 6.45) is 3.17. The summed E-state index contributed by atoms with van der Waals surface area (Å²) < 4.78 is 25.9. The van der Waals surface area contributed by atoms with E-state index in [1.807, 2.05) is 18.2 Å². The maximum atomic E-state index is 12.6. The van der Waals surface area contributed by atoms with E-state index in [4.69, 9.17) is 23.2 Å². The molecule has 9 nitrogen and oxygen atoms in total. The zero-order valence-electron chi connectivity index (χ0n) is 20.5. The lowest BCUT2D eigenvalue weighted by Gasteiger charge is -2.13. The molecule has 3 aromatic carbocycles. The molecule has 0 aliphatic carbocycles. The average molecular weight is 600 g/mol. The van der Waals surface area contributed by atoms with E-state index in [0.717, 1.165) is 15.3 Å². The first-order chi connectivity index (χ1) is 18.6. The van der Waals surface area contributed by atoms with Crippen LogP contribution in [0, 0.1) is 0 Å². The van der Waals surface area contributed by atoms with Gasteiger partial charge >= 0.3 is 0 Å². The number of rotatable bonds is 6. The zero-order valence-corrected chi connectivity index (χ0v) is 23.7. The molecule has 5 rings (SSSR count). The third-order valence-corrected chi connectivity index (χ3v) is 9.03. The summed E-state index contributed by atoms with van der Waals surface area (Å²) in [7, 11) is -0.566. The largest absolute Gasteiger partial charge is 0.340 e. The van der Waals surface area contributed by atoms with Gasteiger partial charge in [-0.05, 0) is 71.9 Å². The standard InChI is InChI=1S/C26H20Cl2N6O3S2/c1-34(2)39(36,37)17-9-7-16(8-10-17)31-24-18-12-15(6-11-21(18)29-14-30-24)13-22-25(35)33-26(38-22)32-23-19(27)4-3-5-20(23)28/h3-14H,1-2H3,(H,29,30,31)(H,32,33,35)/b22-13-. The number of sulfonamides is 1. The third kappa shape index (κ3) is 5.77. The van der Waals surface area contributed by atoms with Crippen molar-refractivity contribution in [2.24, 2.45) is 4.99 Å². The molecular weight excluding hydrogens is 579 g/mol. The molecule has 0 radical (unpaired) electrons. The summed E-state index contributed by atoms with van der Waals surface area (Å²) in [5.74, 6) is 0.141. The Morgan fingerprint density at radius 2 is 1.67 bits per heavy atom. The fourth-order valence-corrected chi connectivity index (χ4v) is 5.87. The van der Waals surface area contributed by atoms with E-state index in [1.165, 1.54) is 44.3 Å². The van der Waals surface area contributed by atoms with Crippen molar-refractivity contribution >= 4 is 90.2 Å². The lowest BCUT2D eigenvalue weighted by molar-refractivity contribution is -0.113. The van der Waals surface area contributed by atoms with Crippen LogP contribution in [0.15, 0.2) is 81.8 Å². The van der Waals surface area contributed by atoms with Gasteiger partial charge < -0.3 is 10.6 Å². The number of halogens is 2. The number of carbonyl (C=O) groups excluding carboxylic acids is 1. The molecule has 2 N–H and O–H groups in total. The van der Waals surface area contributed by atoms with Crippen LogP contribution in [-0.4, -0.2) is 47.9 Å². The number of carbonyl (C=O) groups is 1. The first-order valence-corrected chi connectivity index (χ1v) is 14.4.